The van der Waals surface area contributed by atoms with Gasteiger partial charge in [0.25, 0.3) is 0 Å². The van der Waals surface area contributed by atoms with E-state index in [9.17, 15) is 4.79 Å². The minimum absolute atomic E-state index is 0.0158. The number of amides is 1. The first-order valence-electron chi connectivity index (χ1n) is 9.33. The Morgan fingerprint density at radius 3 is 3.00 bits per heavy atom. The van der Waals surface area contributed by atoms with E-state index in [2.05, 4.69) is 16.4 Å². The Bertz CT molecular complexity index is 980. The Morgan fingerprint density at radius 2 is 2.19 bits per heavy atom. The zero-order valence-electron chi connectivity index (χ0n) is 15.3. The fraction of sp³-hybridized carbons (Fsp3) is 0.318. The van der Waals surface area contributed by atoms with Crippen LogP contribution in [-0.2, 0) is 24.1 Å². The van der Waals surface area contributed by atoms with E-state index in [4.69, 9.17) is 16.3 Å². The predicted octanol–water partition coefficient (Wildman–Crippen LogP) is 4.29. The average Bonchev–Trinajstić information content (AvgIpc) is 3.05. The fourth-order valence-electron chi connectivity index (χ4n) is 3.91. The molecule has 1 heterocycles. The lowest BCUT2D eigenvalue weighted by atomic mass is 9.85. The molecule has 140 valence electrons. The number of hydrogen-bond donors (Lipinski definition) is 2. The number of hydrogen-bond acceptors (Lipinski definition) is 2. The number of methoxy groups -OCH3 is 1. The molecule has 0 spiro atoms. The van der Waals surface area contributed by atoms with Crippen molar-refractivity contribution in [2.45, 2.75) is 25.7 Å². The standard InChI is InChI=1S/C22H23ClN2O2/c1-27-17-6-8-21-19(13-17)18-12-15(5-7-20(18)25-21)22(26)24-10-9-14-3-2-4-16(23)11-14/h2-4,6,8,11,13,15,25H,5,7,9-10,12H2,1H3,(H,24,26). The lowest BCUT2D eigenvalue weighted by Gasteiger charge is -2.22. The number of aryl methyl sites for hydroxylation is 1. The third kappa shape index (κ3) is 3.81. The van der Waals surface area contributed by atoms with E-state index in [0.717, 1.165) is 47.5 Å². The van der Waals surface area contributed by atoms with Gasteiger partial charge in [0.05, 0.1) is 7.11 Å². The summed E-state index contributed by atoms with van der Waals surface area (Å²) in [7, 11) is 1.68. The van der Waals surface area contributed by atoms with Crippen molar-refractivity contribution in [1.29, 1.82) is 0 Å². The first kappa shape index (κ1) is 17.9. The lowest BCUT2D eigenvalue weighted by molar-refractivity contribution is -0.125. The van der Waals surface area contributed by atoms with Crippen LogP contribution in [0.3, 0.4) is 0 Å². The third-order valence-corrected chi connectivity index (χ3v) is 5.60. The van der Waals surface area contributed by atoms with Crippen molar-refractivity contribution >= 4 is 28.4 Å². The number of nitrogens with one attached hydrogen (secondary N) is 2. The summed E-state index contributed by atoms with van der Waals surface area (Å²) in [6.45, 7) is 0.629. The molecule has 5 heteroatoms. The van der Waals surface area contributed by atoms with Crippen LogP contribution in [0.25, 0.3) is 10.9 Å². The van der Waals surface area contributed by atoms with Gasteiger partial charge in [-0.2, -0.15) is 0 Å². The topological polar surface area (TPSA) is 54.1 Å². The molecule has 4 rings (SSSR count). The van der Waals surface area contributed by atoms with Crippen molar-refractivity contribution in [3.05, 3.63) is 64.3 Å². The second kappa shape index (κ2) is 7.65. The van der Waals surface area contributed by atoms with E-state index < -0.39 is 0 Å². The summed E-state index contributed by atoms with van der Waals surface area (Å²) >= 11 is 6.02. The molecule has 0 saturated carbocycles. The van der Waals surface area contributed by atoms with Gasteiger partial charge in [-0.25, -0.2) is 0 Å². The predicted molar refractivity (Wildman–Crippen MR) is 109 cm³/mol. The van der Waals surface area contributed by atoms with Gasteiger partial charge in [-0.1, -0.05) is 23.7 Å². The number of ether oxygens (including phenoxy) is 1. The number of fused-ring (bicyclic) bond motifs is 3. The second-order valence-corrected chi connectivity index (χ2v) is 7.54. The highest BCUT2D eigenvalue weighted by molar-refractivity contribution is 6.30. The van der Waals surface area contributed by atoms with Crippen LogP contribution < -0.4 is 10.1 Å². The molecule has 4 nitrogen and oxygen atoms in total. The Kier molecular flexibility index (Phi) is 5.08. The molecule has 0 bridgehead atoms. The molecule has 0 aliphatic heterocycles. The fourth-order valence-corrected chi connectivity index (χ4v) is 4.13. The van der Waals surface area contributed by atoms with E-state index in [1.165, 1.54) is 16.6 Å². The summed E-state index contributed by atoms with van der Waals surface area (Å²) in [5.41, 5.74) is 4.76. The summed E-state index contributed by atoms with van der Waals surface area (Å²) in [5, 5.41) is 4.99. The van der Waals surface area contributed by atoms with Crippen molar-refractivity contribution in [1.82, 2.24) is 10.3 Å². The van der Waals surface area contributed by atoms with E-state index in [1.807, 2.05) is 36.4 Å². The maximum absolute atomic E-state index is 12.7. The molecule has 3 aromatic rings. The number of rotatable bonds is 5. The Hall–Kier alpha value is -2.46. The molecule has 1 amide bonds. The van der Waals surface area contributed by atoms with Gasteiger partial charge in [-0.3, -0.25) is 4.79 Å². The zero-order chi connectivity index (χ0) is 18.8. The number of halogens is 1. The molecule has 2 N–H and O–H groups in total. The Labute approximate surface area is 163 Å². The van der Waals surface area contributed by atoms with Crippen LogP contribution in [-0.4, -0.2) is 24.5 Å². The first-order valence-corrected chi connectivity index (χ1v) is 9.71. The number of carbonyl (C=O) groups excluding carboxylic acids is 1. The van der Waals surface area contributed by atoms with Crippen LogP contribution in [0.1, 0.15) is 23.2 Å². The molecule has 2 aromatic carbocycles. The van der Waals surface area contributed by atoms with Crippen LogP contribution in [0.15, 0.2) is 42.5 Å². The van der Waals surface area contributed by atoms with E-state index >= 15 is 0 Å². The summed E-state index contributed by atoms with van der Waals surface area (Å²) in [4.78, 5) is 16.2. The monoisotopic (exact) mass is 382 g/mol. The highest BCUT2D eigenvalue weighted by Gasteiger charge is 2.27. The van der Waals surface area contributed by atoms with Gasteiger partial charge >= 0.3 is 0 Å². The molecular weight excluding hydrogens is 360 g/mol. The zero-order valence-corrected chi connectivity index (χ0v) is 16.1. The molecule has 1 unspecified atom stereocenters. The van der Waals surface area contributed by atoms with Gasteiger partial charge in [-0.15, -0.1) is 0 Å². The van der Waals surface area contributed by atoms with Crippen LogP contribution in [0.2, 0.25) is 5.02 Å². The van der Waals surface area contributed by atoms with Crippen molar-refractivity contribution in [3.63, 3.8) is 0 Å². The summed E-state index contributed by atoms with van der Waals surface area (Å²) in [5.74, 6) is 0.999. The summed E-state index contributed by atoms with van der Waals surface area (Å²) in [6, 6.07) is 13.8. The van der Waals surface area contributed by atoms with Gasteiger partial charge in [0.2, 0.25) is 5.91 Å². The van der Waals surface area contributed by atoms with Crippen molar-refractivity contribution in [2.75, 3.05) is 13.7 Å². The van der Waals surface area contributed by atoms with Crippen molar-refractivity contribution in [3.8, 4) is 5.75 Å². The highest BCUT2D eigenvalue weighted by atomic mass is 35.5. The smallest absolute Gasteiger partial charge is 0.223 e. The van der Waals surface area contributed by atoms with Crippen molar-refractivity contribution < 1.29 is 9.53 Å². The van der Waals surface area contributed by atoms with E-state index in [1.54, 1.807) is 7.11 Å². The number of H-pyrrole nitrogens is 1. The van der Waals surface area contributed by atoms with Gasteiger partial charge in [0, 0.05) is 34.1 Å². The molecule has 0 saturated heterocycles. The van der Waals surface area contributed by atoms with Crippen LogP contribution in [0, 0.1) is 5.92 Å². The molecule has 27 heavy (non-hydrogen) atoms. The van der Waals surface area contributed by atoms with Crippen LogP contribution in [0.5, 0.6) is 5.75 Å². The SMILES string of the molecule is COc1ccc2[nH]c3c(c2c1)CC(C(=O)NCCc1cccc(Cl)c1)CC3. The first-order chi connectivity index (χ1) is 13.1. The number of aromatic amines is 1. The quantitative estimate of drug-likeness (QED) is 0.691. The Balaban J connectivity index is 1.41. The number of carbonyl (C=O) groups is 1. The maximum atomic E-state index is 12.7. The van der Waals surface area contributed by atoms with Crippen molar-refractivity contribution in [2.24, 2.45) is 5.92 Å². The van der Waals surface area contributed by atoms with Gasteiger partial charge in [0.1, 0.15) is 5.75 Å². The van der Waals surface area contributed by atoms with Gasteiger partial charge in [-0.05, 0) is 67.1 Å². The molecule has 1 aliphatic carbocycles. The lowest BCUT2D eigenvalue weighted by Crippen LogP contribution is -2.35. The van der Waals surface area contributed by atoms with Crippen LogP contribution in [0.4, 0.5) is 0 Å². The van der Waals surface area contributed by atoms with E-state index in [-0.39, 0.29) is 11.8 Å². The summed E-state index contributed by atoms with van der Waals surface area (Å²) in [6.07, 6.45) is 3.33. The number of aromatic nitrogens is 1. The van der Waals surface area contributed by atoms with E-state index in [0.29, 0.717) is 6.54 Å². The Morgan fingerprint density at radius 1 is 1.30 bits per heavy atom. The largest absolute Gasteiger partial charge is 0.497 e. The summed E-state index contributed by atoms with van der Waals surface area (Å²) < 4.78 is 5.36. The molecule has 0 fully saturated rings. The average molecular weight is 383 g/mol. The van der Waals surface area contributed by atoms with Gasteiger partial charge in [0.15, 0.2) is 0 Å². The minimum atomic E-state index is 0.0158. The molecule has 1 aromatic heterocycles. The minimum Gasteiger partial charge on any atom is -0.497 e. The highest BCUT2D eigenvalue weighted by Crippen LogP contribution is 2.33. The molecular formula is C22H23ClN2O2. The maximum Gasteiger partial charge on any atom is 0.223 e. The normalized spacial score (nSPS) is 16.1. The second-order valence-electron chi connectivity index (χ2n) is 7.10. The van der Waals surface area contributed by atoms with Crippen LogP contribution >= 0.6 is 11.6 Å². The molecule has 0 radical (unpaired) electrons. The third-order valence-electron chi connectivity index (χ3n) is 5.37. The number of benzene rings is 2. The molecule has 1 atom stereocenters. The van der Waals surface area contributed by atoms with Gasteiger partial charge < -0.3 is 15.0 Å². The molecule has 1 aliphatic rings.